The Morgan fingerprint density at radius 1 is 0.944 bits per heavy atom. The zero-order valence-electron chi connectivity index (χ0n) is 32.0. The van der Waals surface area contributed by atoms with E-state index >= 15 is 0 Å². The molecule has 4 aromatic rings. The van der Waals surface area contributed by atoms with Crippen LogP contribution in [0, 0.1) is 18.4 Å². The molecule has 0 bridgehead atoms. The average Bonchev–Trinajstić information content (AvgIpc) is 3.59. The van der Waals surface area contributed by atoms with E-state index < -0.39 is 49.7 Å². The van der Waals surface area contributed by atoms with Crippen LogP contribution in [0.25, 0.3) is 0 Å². The van der Waals surface area contributed by atoms with Gasteiger partial charge in [0.1, 0.15) is 29.9 Å². The molecule has 0 amide bonds. The molecule has 54 heavy (non-hydrogen) atoms. The van der Waals surface area contributed by atoms with Gasteiger partial charge in [-0.2, -0.15) is 15.1 Å². The van der Waals surface area contributed by atoms with Crippen molar-refractivity contribution in [3.8, 4) is 17.7 Å². The number of hydrogen-bond acceptors (Lipinski definition) is 11. The van der Waals surface area contributed by atoms with Gasteiger partial charge in [-0.05, 0) is 82.5 Å². The molecule has 0 saturated carbocycles. The normalized spacial score (nSPS) is 18.5. The summed E-state index contributed by atoms with van der Waals surface area (Å²) < 4.78 is 33.5. The molecule has 3 aromatic carbocycles. The second-order valence-electron chi connectivity index (χ2n) is 13.6. The summed E-state index contributed by atoms with van der Waals surface area (Å²) in [5.41, 5.74) is 0.0584. The lowest BCUT2D eigenvalue weighted by Gasteiger charge is -2.44. The molecule has 1 aromatic heterocycles. The molecule has 1 aliphatic heterocycles. The molecule has 0 radical (unpaired) electrons. The fraction of sp³-hybridized carbons (Fsp3) is 0.425. The van der Waals surface area contributed by atoms with Crippen LogP contribution in [0.1, 0.15) is 69.5 Å². The van der Waals surface area contributed by atoms with Crippen molar-refractivity contribution in [1.82, 2.24) is 19.3 Å². The van der Waals surface area contributed by atoms with Gasteiger partial charge in [0.25, 0.3) is 5.56 Å². The molecular formula is C40H50N5O8P. The van der Waals surface area contributed by atoms with Gasteiger partial charge >= 0.3 is 14.2 Å². The molecule has 0 aliphatic carbocycles. The third-order valence-corrected chi connectivity index (χ3v) is 11.2. The van der Waals surface area contributed by atoms with E-state index in [1.807, 2.05) is 118 Å². The minimum Gasteiger partial charge on any atom is -0.497 e. The van der Waals surface area contributed by atoms with Crippen LogP contribution in [0.4, 0.5) is 0 Å². The smallest absolute Gasteiger partial charge is 0.330 e. The van der Waals surface area contributed by atoms with E-state index in [4.69, 9.17) is 23.3 Å². The second kappa shape index (κ2) is 17.7. The maximum absolute atomic E-state index is 13.3. The summed E-state index contributed by atoms with van der Waals surface area (Å²) in [6, 6.07) is 24.4. The van der Waals surface area contributed by atoms with Gasteiger partial charge in [-0.1, -0.05) is 54.6 Å². The summed E-state index contributed by atoms with van der Waals surface area (Å²) >= 11 is 0. The van der Waals surface area contributed by atoms with Crippen molar-refractivity contribution in [2.45, 2.75) is 90.0 Å². The van der Waals surface area contributed by atoms with Crippen LogP contribution < -0.4 is 20.7 Å². The average molecular weight is 760 g/mol. The van der Waals surface area contributed by atoms with Gasteiger partial charge in [-0.15, -0.1) is 0 Å². The highest BCUT2D eigenvalue weighted by atomic mass is 31.2. The number of aromatic nitrogens is 2. The van der Waals surface area contributed by atoms with Crippen molar-refractivity contribution in [3.05, 3.63) is 128 Å². The first-order chi connectivity index (χ1) is 25.9. The number of nitriles is 1. The topological polar surface area (TPSA) is 152 Å². The van der Waals surface area contributed by atoms with Crippen LogP contribution in [0.3, 0.4) is 0 Å². The van der Waals surface area contributed by atoms with Gasteiger partial charge in [-0.25, -0.2) is 4.79 Å². The van der Waals surface area contributed by atoms with Gasteiger partial charge in [0, 0.05) is 30.3 Å². The summed E-state index contributed by atoms with van der Waals surface area (Å²) in [5, 5.41) is 25.7. The molecule has 1 saturated heterocycles. The number of nitrogens with zero attached hydrogens (tertiary/aromatic N) is 4. The standard InChI is InChI=1S/C40H50N5O8P/c1-9-51-54(44(25-41)45(26(2)3)27(4)5)53-34-23-35(43-24-28(6)38(47)42-39(43)48)52-36(34)37(46)40(29-13-11-10-12-14-29,30-15-19-32(49-7)20-16-30)31-17-21-33(50-8)22-18-31/h10-22,24,26-27,34-37,46H,9,23H2,1-8H3,(H,42,47,48)/t34-,35+,36-,37?,54?/m0/s1. The number of ether oxygens (including phenoxy) is 3. The van der Waals surface area contributed by atoms with E-state index in [1.165, 1.54) is 15.5 Å². The van der Waals surface area contributed by atoms with E-state index in [9.17, 15) is 20.0 Å². The van der Waals surface area contributed by atoms with Gasteiger partial charge in [0.05, 0.1) is 32.3 Å². The van der Waals surface area contributed by atoms with E-state index in [1.54, 1.807) is 21.1 Å². The Bertz CT molecular complexity index is 1930. The van der Waals surface area contributed by atoms with Crippen LogP contribution in [0.2, 0.25) is 0 Å². The Morgan fingerprint density at radius 3 is 1.96 bits per heavy atom. The van der Waals surface area contributed by atoms with Crippen LogP contribution in [-0.2, 0) is 19.2 Å². The van der Waals surface area contributed by atoms with Gasteiger partial charge in [0.2, 0.25) is 6.19 Å². The molecule has 13 nitrogen and oxygen atoms in total. The molecule has 1 aliphatic rings. The SMILES string of the molecule is CCOP(O[C@H]1C[C@H](n2cc(C)c(=O)[nH]c2=O)O[C@@H]1C(O)C(c1ccccc1)(c1ccc(OC)cc1)c1ccc(OC)cc1)N(C#N)N(C(C)C)C(C)C. The first kappa shape index (κ1) is 40.6. The molecule has 2 unspecified atom stereocenters. The Morgan fingerprint density at radius 2 is 1.48 bits per heavy atom. The number of rotatable bonds is 16. The molecule has 0 spiro atoms. The van der Waals surface area contributed by atoms with E-state index in [2.05, 4.69) is 11.2 Å². The largest absolute Gasteiger partial charge is 0.497 e. The molecule has 5 rings (SSSR count). The van der Waals surface area contributed by atoms with E-state index in [0.29, 0.717) is 17.1 Å². The van der Waals surface area contributed by atoms with Gasteiger partial charge < -0.3 is 28.4 Å². The number of H-pyrrole nitrogens is 1. The fourth-order valence-electron chi connectivity index (χ4n) is 7.25. The quantitative estimate of drug-likeness (QED) is 0.0455. The van der Waals surface area contributed by atoms with Crippen molar-refractivity contribution in [1.29, 1.82) is 5.26 Å². The van der Waals surface area contributed by atoms with Crippen LogP contribution in [0.15, 0.2) is 94.6 Å². The fourth-order valence-corrected chi connectivity index (χ4v) is 8.82. The lowest BCUT2D eigenvalue weighted by molar-refractivity contribution is -0.0965. The summed E-state index contributed by atoms with van der Waals surface area (Å²) in [7, 11) is 1.10. The minimum absolute atomic E-state index is 0.0776. The Kier molecular flexibility index (Phi) is 13.3. The lowest BCUT2D eigenvalue weighted by Crippen LogP contribution is -2.52. The summed E-state index contributed by atoms with van der Waals surface area (Å²) in [6.07, 6.45) is -0.565. The molecule has 288 valence electrons. The van der Waals surface area contributed by atoms with Crippen molar-refractivity contribution in [2.75, 3.05) is 20.8 Å². The van der Waals surface area contributed by atoms with Crippen molar-refractivity contribution in [2.24, 2.45) is 0 Å². The number of aliphatic hydroxyl groups excluding tert-OH is 1. The number of methoxy groups -OCH3 is 2. The highest BCUT2D eigenvalue weighted by Gasteiger charge is 2.54. The second-order valence-corrected chi connectivity index (χ2v) is 14.9. The summed E-state index contributed by atoms with van der Waals surface area (Å²) in [4.78, 5) is 28.0. The predicted molar refractivity (Wildman–Crippen MR) is 206 cm³/mol. The highest BCUT2D eigenvalue weighted by Crippen LogP contribution is 2.52. The molecule has 1 fully saturated rings. The Labute approximate surface area is 317 Å². The number of aliphatic hydroxyl groups is 1. The van der Waals surface area contributed by atoms with Crippen molar-refractivity contribution >= 4 is 8.53 Å². The van der Waals surface area contributed by atoms with Crippen molar-refractivity contribution < 1.29 is 28.4 Å². The third kappa shape index (κ3) is 8.10. The third-order valence-electron chi connectivity index (χ3n) is 9.63. The summed E-state index contributed by atoms with van der Waals surface area (Å²) in [5.74, 6) is 1.27. The number of aryl methyl sites for hydroxylation is 1. The van der Waals surface area contributed by atoms with E-state index in [-0.39, 0.29) is 25.1 Å². The molecular weight excluding hydrogens is 709 g/mol. The number of hydrazine groups is 1. The molecule has 2 N–H and O–H groups in total. The molecule has 5 atom stereocenters. The maximum atomic E-state index is 13.3. The zero-order chi connectivity index (χ0) is 39.2. The van der Waals surface area contributed by atoms with Gasteiger partial charge in [-0.3, -0.25) is 14.3 Å². The number of hydrogen-bond donors (Lipinski definition) is 2. The van der Waals surface area contributed by atoms with Crippen LogP contribution >= 0.6 is 8.53 Å². The molecule has 14 heteroatoms. The first-order valence-corrected chi connectivity index (χ1v) is 19.1. The molecule has 2 heterocycles. The number of benzene rings is 3. The number of nitrogens with one attached hydrogen (secondary N) is 1. The van der Waals surface area contributed by atoms with E-state index in [0.717, 1.165) is 16.7 Å². The van der Waals surface area contributed by atoms with Crippen LogP contribution in [-0.4, -0.2) is 75.7 Å². The monoisotopic (exact) mass is 759 g/mol. The zero-order valence-corrected chi connectivity index (χ0v) is 32.9. The minimum atomic E-state index is -2.08. The lowest BCUT2D eigenvalue weighted by atomic mass is 9.64. The summed E-state index contributed by atoms with van der Waals surface area (Å²) in [6.45, 7) is 11.6. The maximum Gasteiger partial charge on any atom is 0.330 e. The van der Waals surface area contributed by atoms with Gasteiger partial charge in [0.15, 0.2) is 0 Å². The predicted octanol–water partition coefficient (Wildman–Crippen LogP) is 6.01. The van der Waals surface area contributed by atoms with Crippen LogP contribution in [0.5, 0.6) is 11.5 Å². The highest BCUT2D eigenvalue weighted by molar-refractivity contribution is 7.44. The van der Waals surface area contributed by atoms with Crippen molar-refractivity contribution in [3.63, 3.8) is 0 Å². The first-order valence-electron chi connectivity index (χ1n) is 18.0. The Balaban J connectivity index is 1.74. The number of aromatic amines is 1. The Hall–Kier alpha value is -4.54.